The van der Waals surface area contributed by atoms with Crippen molar-refractivity contribution in [2.24, 2.45) is 7.05 Å². The van der Waals surface area contributed by atoms with Gasteiger partial charge in [-0.2, -0.15) is 0 Å². The highest BCUT2D eigenvalue weighted by Crippen LogP contribution is 2.22. The van der Waals surface area contributed by atoms with Crippen LogP contribution in [0.15, 0.2) is 54.6 Å². The molecule has 0 aliphatic carbocycles. The number of carbonyl (C=O) groups excluding carboxylic acids is 1. The van der Waals surface area contributed by atoms with Crippen LogP contribution in [-0.2, 0) is 7.05 Å². The highest BCUT2D eigenvalue weighted by molar-refractivity contribution is 6.31. The Bertz CT molecular complexity index is 882. The lowest BCUT2D eigenvalue weighted by atomic mass is 10.2. The third-order valence-corrected chi connectivity index (χ3v) is 3.57. The van der Waals surface area contributed by atoms with Gasteiger partial charge in [0.2, 0.25) is 0 Å². The van der Waals surface area contributed by atoms with Gasteiger partial charge in [0.05, 0.1) is 5.69 Å². The number of halogens is 1. The highest BCUT2D eigenvalue weighted by atomic mass is 35.5. The number of nitrogens with zero attached hydrogens (tertiary/aromatic N) is 1. The molecule has 21 heavy (non-hydrogen) atoms. The van der Waals surface area contributed by atoms with Gasteiger partial charge in [0.25, 0.3) is 5.78 Å². The van der Waals surface area contributed by atoms with E-state index < -0.39 is 0 Å². The molecule has 1 aromatic heterocycles. The quantitative estimate of drug-likeness (QED) is 0.490. The lowest BCUT2D eigenvalue weighted by Crippen LogP contribution is -2.03. The normalized spacial score (nSPS) is 10.2. The van der Waals surface area contributed by atoms with Gasteiger partial charge in [-0.15, -0.1) is 0 Å². The van der Waals surface area contributed by atoms with Gasteiger partial charge in [0.15, 0.2) is 0 Å². The van der Waals surface area contributed by atoms with Crippen LogP contribution >= 0.6 is 11.6 Å². The Morgan fingerprint density at radius 1 is 1.10 bits per heavy atom. The van der Waals surface area contributed by atoms with E-state index in [4.69, 9.17) is 11.6 Å². The smallest absolute Gasteiger partial charge is 0.252 e. The highest BCUT2D eigenvalue weighted by Gasteiger charge is 2.11. The number of fused-ring (bicyclic) bond motifs is 1. The first-order valence-electron chi connectivity index (χ1n) is 6.51. The molecule has 3 rings (SSSR count). The summed E-state index contributed by atoms with van der Waals surface area (Å²) in [6.07, 6.45) is 0. The van der Waals surface area contributed by atoms with E-state index in [1.807, 2.05) is 66.2 Å². The number of hydrogen-bond donors (Lipinski definition) is 0. The van der Waals surface area contributed by atoms with Crippen LogP contribution in [0.3, 0.4) is 0 Å². The van der Waals surface area contributed by atoms with Gasteiger partial charge in [-0.05, 0) is 42.3 Å². The predicted molar refractivity (Wildman–Crippen MR) is 85.6 cm³/mol. The van der Waals surface area contributed by atoms with Crippen molar-refractivity contribution in [3.63, 3.8) is 0 Å². The minimum atomic E-state index is -0.200. The van der Waals surface area contributed by atoms with Crippen LogP contribution in [0.2, 0.25) is 5.02 Å². The Kier molecular flexibility index (Phi) is 3.51. The van der Waals surface area contributed by atoms with Crippen molar-refractivity contribution in [2.75, 3.05) is 0 Å². The van der Waals surface area contributed by atoms with Crippen molar-refractivity contribution < 1.29 is 4.79 Å². The fourth-order valence-electron chi connectivity index (χ4n) is 2.25. The number of aromatic nitrogens is 1. The molecule has 2 nitrogen and oxygen atoms in total. The van der Waals surface area contributed by atoms with Crippen molar-refractivity contribution in [1.82, 2.24) is 4.57 Å². The Labute approximate surface area is 128 Å². The number of benzene rings is 2. The molecule has 0 unspecified atom stereocenters. The van der Waals surface area contributed by atoms with Crippen molar-refractivity contribution in [1.29, 1.82) is 0 Å². The fraction of sp³-hybridized carbons (Fsp3) is 0.0556. The van der Waals surface area contributed by atoms with Gasteiger partial charge in [-0.3, -0.25) is 4.79 Å². The van der Waals surface area contributed by atoms with Crippen LogP contribution in [0.25, 0.3) is 10.9 Å². The molecule has 0 spiro atoms. The molecular formula is C18H12ClNO. The SMILES string of the molecule is Cn1c(C(=O)C#Cc2ccccc2)cc2cc(Cl)ccc21. The maximum absolute atomic E-state index is 12.3. The van der Waals surface area contributed by atoms with Crippen LogP contribution in [0.5, 0.6) is 0 Å². The van der Waals surface area contributed by atoms with Crippen molar-refractivity contribution >= 4 is 28.3 Å². The standard InChI is InChI=1S/C18H12ClNO/c1-20-16-9-8-15(19)11-14(16)12-17(20)18(21)10-7-13-5-3-2-4-6-13/h2-6,8-9,11-12H,1H3. The molecule has 0 aliphatic heterocycles. The summed E-state index contributed by atoms with van der Waals surface area (Å²) in [5, 5.41) is 1.59. The third kappa shape index (κ3) is 2.69. The molecule has 0 aliphatic rings. The molecule has 0 saturated carbocycles. The molecule has 102 valence electrons. The molecule has 3 heteroatoms. The molecular weight excluding hydrogens is 282 g/mol. The zero-order valence-corrected chi connectivity index (χ0v) is 12.2. The fourth-order valence-corrected chi connectivity index (χ4v) is 2.43. The summed E-state index contributed by atoms with van der Waals surface area (Å²) < 4.78 is 1.84. The maximum atomic E-state index is 12.3. The Morgan fingerprint density at radius 3 is 2.62 bits per heavy atom. The molecule has 0 amide bonds. The van der Waals surface area contributed by atoms with Crippen LogP contribution in [0.4, 0.5) is 0 Å². The van der Waals surface area contributed by atoms with Gasteiger partial charge in [-0.1, -0.05) is 35.7 Å². The summed E-state index contributed by atoms with van der Waals surface area (Å²) in [6, 6.07) is 16.8. The molecule has 0 bridgehead atoms. The van der Waals surface area contributed by atoms with Crippen LogP contribution in [0, 0.1) is 11.8 Å². The van der Waals surface area contributed by atoms with E-state index in [-0.39, 0.29) is 5.78 Å². The first kappa shape index (κ1) is 13.5. The van der Waals surface area contributed by atoms with E-state index >= 15 is 0 Å². The van der Waals surface area contributed by atoms with Crippen molar-refractivity contribution in [3.05, 3.63) is 70.9 Å². The average molecular weight is 294 g/mol. The third-order valence-electron chi connectivity index (χ3n) is 3.33. The lowest BCUT2D eigenvalue weighted by Gasteiger charge is -1.99. The second-order valence-corrected chi connectivity index (χ2v) is 5.17. The van der Waals surface area contributed by atoms with Gasteiger partial charge in [0, 0.05) is 28.5 Å². The summed E-state index contributed by atoms with van der Waals surface area (Å²) in [6.45, 7) is 0. The Morgan fingerprint density at radius 2 is 1.86 bits per heavy atom. The average Bonchev–Trinajstić information content (AvgIpc) is 2.82. The summed E-state index contributed by atoms with van der Waals surface area (Å²) in [7, 11) is 1.85. The van der Waals surface area contributed by atoms with E-state index in [2.05, 4.69) is 11.8 Å². The maximum Gasteiger partial charge on any atom is 0.252 e. The topological polar surface area (TPSA) is 22.0 Å². The summed E-state index contributed by atoms with van der Waals surface area (Å²) in [4.78, 5) is 12.3. The van der Waals surface area contributed by atoms with Crippen LogP contribution in [-0.4, -0.2) is 10.4 Å². The number of carbonyl (C=O) groups is 1. The molecule has 0 N–H and O–H groups in total. The van der Waals surface area contributed by atoms with Crippen molar-refractivity contribution in [3.8, 4) is 11.8 Å². The monoisotopic (exact) mass is 293 g/mol. The van der Waals surface area contributed by atoms with E-state index in [1.165, 1.54) is 0 Å². The molecule has 0 fully saturated rings. The van der Waals surface area contributed by atoms with E-state index in [9.17, 15) is 4.79 Å². The largest absolute Gasteiger partial charge is 0.340 e. The summed E-state index contributed by atoms with van der Waals surface area (Å²) in [5.74, 6) is 5.38. The summed E-state index contributed by atoms with van der Waals surface area (Å²) >= 11 is 5.98. The first-order valence-corrected chi connectivity index (χ1v) is 6.89. The Hall–Kier alpha value is -2.50. The van der Waals surface area contributed by atoms with Crippen molar-refractivity contribution in [2.45, 2.75) is 0 Å². The zero-order valence-electron chi connectivity index (χ0n) is 11.4. The second kappa shape index (κ2) is 5.47. The van der Waals surface area contributed by atoms with Gasteiger partial charge >= 0.3 is 0 Å². The van der Waals surface area contributed by atoms with Gasteiger partial charge in [-0.25, -0.2) is 0 Å². The number of Topliss-reactive ketones (excluding diaryl/α,β-unsaturated/α-hetero) is 1. The molecule has 1 heterocycles. The Balaban J connectivity index is 1.99. The second-order valence-electron chi connectivity index (χ2n) is 4.74. The van der Waals surface area contributed by atoms with Gasteiger partial charge in [0.1, 0.15) is 0 Å². The first-order chi connectivity index (χ1) is 10.1. The molecule has 2 aromatic carbocycles. The predicted octanol–water partition coefficient (Wildman–Crippen LogP) is 4.07. The molecule has 0 radical (unpaired) electrons. The summed E-state index contributed by atoms with van der Waals surface area (Å²) in [5.41, 5.74) is 2.35. The lowest BCUT2D eigenvalue weighted by molar-refractivity contribution is 0.104. The number of hydrogen-bond acceptors (Lipinski definition) is 1. The van der Waals surface area contributed by atoms with E-state index in [0.29, 0.717) is 10.7 Å². The van der Waals surface area contributed by atoms with Crippen LogP contribution < -0.4 is 0 Å². The van der Waals surface area contributed by atoms with Crippen LogP contribution in [0.1, 0.15) is 16.1 Å². The van der Waals surface area contributed by atoms with Gasteiger partial charge < -0.3 is 4.57 Å². The number of rotatable bonds is 1. The zero-order chi connectivity index (χ0) is 14.8. The minimum absolute atomic E-state index is 0.200. The minimum Gasteiger partial charge on any atom is -0.340 e. The molecule has 0 saturated heterocycles. The number of ketones is 1. The molecule has 0 atom stereocenters. The molecule has 3 aromatic rings. The van der Waals surface area contributed by atoms with E-state index in [0.717, 1.165) is 16.5 Å². The number of aryl methyl sites for hydroxylation is 1. The van der Waals surface area contributed by atoms with E-state index in [1.54, 1.807) is 0 Å².